The lowest BCUT2D eigenvalue weighted by Crippen LogP contribution is -2.46. The summed E-state index contributed by atoms with van der Waals surface area (Å²) in [6, 6.07) is 6.03. The van der Waals surface area contributed by atoms with Gasteiger partial charge >= 0.3 is 6.18 Å². The number of hydrogen-bond acceptors (Lipinski definition) is 7. The van der Waals surface area contributed by atoms with Crippen LogP contribution in [0.25, 0.3) is 0 Å². The van der Waals surface area contributed by atoms with Crippen LogP contribution in [-0.4, -0.2) is 66.5 Å². The number of methoxy groups -OCH3 is 1. The van der Waals surface area contributed by atoms with E-state index in [1.807, 2.05) is 5.10 Å². The number of piperazine rings is 1. The first-order chi connectivity index (χ1) is 15.8. The summed E-state index contributed by atoms with van der Waals surface area (Å²) in [6.45, 7) is 2.44. The highest BCUT2D eigenvalue weighted by atomic mass is 19.4. The molecule has 0 spiro atoms. The van der Waals surface area contributed by atoms with E-state index < -0.39 is 35.0 Å². The van der Waals surface area contributed by atoms with Crippen LogP contribution in [0.2, 0.25) is 0 Å². The van der Waals surface area contributed by atoms with Crippen molar-refractivity contribution in [3.8, 4) is 17.4 Å². The molecule has 1 saturated carbocycles. The number of nitrogens with zero attached hydrogens (tertiary/aromatic N) is 2. The smallest absolute Gasteiger partial charge is 0.425 e. The number of alkyl halides is 3. The maximum Gasteiger partial charge on any atom is 0.425 e. The molecule has 0 atom stereocenters. The van der Waals surface area contributed by atoms with Crippen molar-refractivity contribution < 1.29 is 32.2 Å². The van der Waals surface area contributed by atoms with Crippen molar-refractivity contribution in [1.82, 2.24) is 20.4 Å². The monoisotopic (exact) mass is 468 g/mol. The third-order valence-electron chi connectivity index (χ3n) is 5.56. The van der Waals surface area contributed by atoms with Gasteiger partial charge in [-0.25, -0.2) is 5.10 Å². The standard InChI is InChI=1S/C21H23F3N4O5/c1-31-14-10-15(11-14)32-17-16(21(22,23)24)18(29)26-27-19(17)33-13-4-2-3-12(9-13)20(30)28-7-5-25-6-8-28/h2-4,9,14-15,25H,5-8,10-11H2,1H3,(H,26,29). The third-order valence-corrected chi connectivity index (χ3v) is 5.56. The van der Waals surface area contributed by atoms with Crippen LogP contribution < -0.4 is 20.3 Å². The van der Waals surface area contributed by atoms with Crippen molar-refractivity contribution in [3.05, 3.63) is 45.7 Å². The molecule has 1 aliphatic carbocycles. The summed E-state index contributed by atoms with van der Waals surface area (Å²) in [5.41, 5.74) is -2.64. The molecule has 1 amide bonds. The van der Waals surface area contributed by atoms with E-state index in [9.17, 15) is 22.8 Å². The first-order valence-electron chi connectivity index (χ1n) is 10.4. The molecule has 4 rings (SSSR count). The Morgan fingerprint density at radius 1 is 1.18 bits per heavy atom. The Balaban J connectivity index is 1.62. The average molecular weight is 468 g/mol. The molecule has 2 aromatic rings. The van der Waals surface area contributed by atoms with Crippen molar-refractivity contribution in [2.24, 2.45) is 0 Å². The first kappa shape index (κ1) is 23.1. The normalized spacial score (nSPS) is 20.8. The fraction of sp³-hybridized carbons (Fsp3) is 0.476. The summed E-state index contributed by atoms with van der Waals surface area (Å²) in [4.78, 5) is 26.4. The van der Waals surface area contributed by atoms with Crippen LogP contribution >= 0.6 is 0 Å². The number of carbonyl (C=O) groups is 1. The molecule has 1 aromatic heterocycles. The molecule has 33 heavy (non-hydrogen) atoms. The molecule has 1 aliphatic heterocycles. The number of rotatable bonds is 6. The second-order valence-corrected chi connectivity index (χ2v) is 7.80. The van der Waals surface area contributed by atoms with Gasteiger partial charge in [-0.3, -0.25) is 9.59 Å². The summed E-state index contributed by atoms with van der Waals surface area (Å²) in [7, 11) is 1.50. The van der Waals surface area contributed by atoms with E-state index in [1.165, 1.54) is 19.2 Å². The molecule has 1 saturated heterocycles. The average Bonchev–Trinajstić information content (AvgIpc) is 2.77. The highest BCUT2D eigenvalue weighted by Crippen LogP contribution is 2.41. The number of benzene rings is 1. The maximum absolute atomic E-state index is 13.7. The molecular formula is C21H23F3N4O5. The molecule has 2 fully saturated rings. The van der Waals surface area contributed by atoms with Gasteiger partial charge in [0.25, 0.3) is 17.3 Å². The van der Waals surface area contributed by atoms with Crippen LogP contribution in [0.15, 0.2) is 29.1 Å². The number of halogens is 3. The van der Waals surface area contributed by atoms with Gasteiger partial charge in [-0.15, -0.1) is 5.10 Å². The van der Waals surface area contributed by atoms with Gasteiger partial charge in [0.2, 0.25) is 5.75 Å². The summed E-state index contributed by atoms with van der Waals surface area (Å²) in [6.07, 6.45) is -4.96. The molecule has 0 radical (unpaired) electrons. The minimum atomic E-state index is -4.99. The van der Waals surface area contributed by atoms with Crippen molar-refractivity contribution in [2.45, 2.75) is 31.2 Å². The number of nitrogens with one attached hydrogen (secondary N) is 2. The lowest BCUT2D eigenvalue weighted by Gasteiger charge is -2.34. The van der Waals surface area contributed by atoms with Crippen LogP contribution in [0, 0.1) is 0 Å². The van der Waals surface area contributed by atoms with Crippen molar-refractivity contribution >= 4 is 5.91 Å². The maximum atomic E-state index is 13.7. The number of H-pyrrole nitrogens is 1. The number of aromatic nitrogens is 2. The van der Waals surface area contributed by atoms with Crippen LogP contribution in [0.4, 0.5) is 13.2 Å². The lowest BCUT2D eigenvalue weighted by molar-refractivity contribution is -0.141. The van der Waals surface area contributed by atoms with Crippen LogP contribution in [0.1, 0.15) is 28.8 Å². The predicted octanol–water partition coefficient (Wildman–Crippen LogP) is 2.18. The highest BCUT2D eigenvalue weighted by Gasteiger charge is 2.42. The predicted molar refractivity (Wildman–Crippen MR) is 110 cm³/mol. The second kappa shape index (κ2) is 9.40. The molecule has 2 heterocycles. The van der Waals surface area contributed by atoms with E-state index in [-0.39, 0.29) is 17.8 Å². The van der Waals surface area contributed by atoms with Gasteiger partial charge in [0.15, 0.2) is 5.56 Å². The zero-order chi connectivity index (χ0) is 23.6. The van der Waals surface area contributed by atoms with E-state index in [1.54, 1.807) is 17.0 Å². The first-order valence-corrected chi connectivity index (χ1v) is 10.4. The Labute approximate surface area is 186 Å². The van der Waals surface area contributed by atoms with Crippen molar-refractivity contribution in [2.75, 3.05) is 33.3 Å². The molecule has 0 bridgehead atoms. The van der Waals surface area contributed by atoms with Gasteiger partial charge < -0.3 is 24.4 Å². The fourth-order valence-corrected chi connectivity index (χ4v) is 3.68. The van der Waals surface area contributed by atoms with Gasteiger partial charge in [-0.1, -0.05) is 6.07 Å². The van der Waals surface area contributed by atoms with Gasteiger partial charge in [-0.05, 0) is 18.2 Å². The Morgan fingerprint density at radius 3 is 2.58 bits per heavy atom. The third kappa shape index (κ3) is 5.11. The van der Waals surface area contributed by atoms with Gasteiger partial charge in [-0.2, -0.15) is 13.2 Å². The molecular weight excluding hydrogens is 445 g/mol. The quantitative estimate of drug-likeness (QED) is 0.670. The second-order valence-electron chi connectivity index (χ2n) is 7.80. The largest absolute Gasteiger partial charge is 0.484 e. The molecule has 0 unspecified atom stereocenters. The van der Waals surface area contributed by atoms with E-state index in [4.69, 9.17) is 14.2 Å². The summed E-state index contributed by atoms with van der Waals surface area (Å²) >= 11 is 0. The Morgan fingerprint density at radius 2 is 1.91 bits per heavy atom. The van der Waals surface area contributed by atoms with Crippen LogP contribution in [0.5, 0.6) is 17.4 Å². The molecule has 2 N–H and O–H groups in total. The summed E-state index contributed by atoms with van der Waals surface area (Å²) in [5.74, 6) is -1.47. The highest BCUT2D eigenvalue weighted by molar-refractivity contribution is 5.94. The molecule has 12 heteroatoms. The van der Waals surface area contributed by atoms with E-state index >= 15 is 0 Å². The Bertz CT molecular complexity index is 1060. The van der Waals surface area contributed by atoms with Gasteiger partial charge in [0.1, 0.15) is 11.9 Å². The molecule has 9 nitrogen and oxygen atoms in total. The van der Waals surface area contributed by atoms with Crippen LogP contribution in [0.3, 0.4) is 0 Å². The number of hydrogen-bond donors (Lipinski definition) is 2. The van der Waals surface area contributed by atoms with Crippen molar-refractivity contribution in [1.29, 1.82) is 0 Å². The molecule has 1 aromatic carbocycles. The Hall–Kier alpha value is -3.12. The minimum Gasteiger partial charge on any atom is -0.484 e. The summed E-state index contributed by atoms with van der Waals surface area (Å²) < 4.78 is 57.2. The number of carbonyl (C=O) groups excluding carboxylic acids is 1. The molecule has 178 valence electrons. The molecule has 2 aliphatic rings. The lowest BCUT2D eigenvalue weighted by atomic mass is 9.92. The fourth-order valence-electron chi connectivity index (χ4n) is 3.68. The topological polar surface area (TPSA) is 106 Å². The minimum absolute atomic E-state index is 0.0804. The van der Waals surface area contributed by atoms with Gasteiger partial charge in [0, 0.05) is 51.7 Å². The zero-order valence-electron chi connectivity index (χ0n) is 17.8. The van der Waals surface area contributed by atoms with E-state index in [0.29, 0.717) is 44.6 Å². The SMILES string of the molecule is COC1CC(Oc2c(Oc3cccc(C(=O)N4CCNCC4)c3)n[nH]c(=O)c2C(F)(F)F)C1. The van der Waals surface area contributed by atoms with Gasteiger partial charge in [0.05, 0.1) is 6.10 Å². The van der Waals surface area contributed by atoms with Crippen LogP contribution in [-0.2, 0) is 10.9 Å². The zero-order valence-corrected chi connectivity index (χ0v) is 17.8. The van der Waals surface area contributed by atoms with E-state index in [2.05, 4.69) is 10.4 Å². The Kier molecular flexibility index (Phi) is 6.56. The number of aromatic amines is 1. The van der Waals surface area contributed by atoms with E-state index in [0.717, 1.165) is 0 Å². The number of ether oxygens (including phenoxy) is 3. The number of amides is 1. The van der Waals surface area contributed by atoms with Crippen molar-refractivity contribution in [3.63, 3.8) is 0 Å². The summed E-state index contributed by atoms with van der Waals surface area (Å²) in [5, 5.41) is 8.61.